The van der Waals surface area contributed by atoms with Gasteiger partial charge in [0.2, 0.25) is 0 Å². The molecule has 0 aliphatic heterocycles. The Morgan fingerprint density at radius 3 is 0.700 bits per heavy atom. The molecule has 0 aromatic carbocycles. The molecule has 0 fully saturated rings. The number of hydrogen-bond donors (Lipinski definition) is 0. The van der Waals surface area contributed by atoms with Crippen molar-refractivity contribution in [1.82, 2.24) is 0 Å². The summed E-state index contributed by atoms with van der Waals surface area (Å²) >= 11 is 0. The van der Waals surface area contributed by atoms with Gasteiger partial charge in [-0.25, -0.2) is 0 Å². The Morgan fingerprint density at radius 2 is 0.700 bits per heavy atom. The minimum Gasteiger partial charge on any atom is -0.444 e. The Hall–Kier alpha value is -1.16. The summed E-state index contributed by atoms with van der Waals surface area (Å²) in [7, 11) is 0. The van der Waals surface area contributed by atoms with E-state index in [-0.39, 0.29) is 19.8 Å². The normalized spacial score (nSPS) is 3.60. The first kappa shape index (κ1) is 23.2. The van der Waals surface area contributed by atoms with Gasteiger partial charge in [-0.3, -0.25) is 0 Å². The second-order valence-electron chi connectivity index (χ2n) is 0.224. The van der Waals surface area contributed by atoms with Crippen LogP contribution in [0.3, 0.4) is 0 Å². The summed E-state index contributed by atoms with van der Waals surface area (Å²) in [5, 5.41) is 27.0. The molecule has 0 unspecified atom stereocenters. The minimum atomic E-state index is 0. The molecule has 0 amide bonds. The van der Waals surface area contributed by atoms with Crippen molar-refractivity contribution in [3.8, 4) is 0 Å². The Bertz CT molecular complexity index is 49.7. The van der Waals surface area contributed by atoms with E-state index in [4.69, 9.17) is 30.3 Å². The molecule has 0 N–H and O–H groups in total. The number of nitrogens with zero attached hydrogens (tertiary/aromatic N) is 3. The molecule has 0 aliphatic carbocycles. The van der Waals surface area contributed by atoms with Crippen LogP contribution in [0, 0.1) is 30.3 Å². The zero-order valence-electron chi connectivity index (χ0n) is 4.37. The molecule has 0 aliphatic rings. The number of rotatable bonds is 0. The molecule has 10 heteroatoms. The molecule has 0 spiro atoms. The Labute approximate surface area is 66.9 Å². The van der Waals surface area contributed by atoms with Crippen LogP contribution in [0.15, 0.2) is 16.0 Å². The minimum absolute atomic E-state index is 0. The molecule has 0 bridgehead atoms. The fourth-order valence-electron chi connectivity index (χ4n) is 0. The molecule has 0 aromatic rings. The van der Waals surface area contributed by atoms with Crippen LogP contribution < -0.4 is 0 Å². The van der Waals surface area contributed by atoms with E-state index in [2.05, 4.69) is 0 Å². The molecule has 9 nitrogen and oxygen atoms in total. The summed E-state index contributed by atoms with van der Waals surface area (Å²) < 4.78 is 0. The second-order valence-corrected chi connectivity index (χ2v) is 0.224. The third-order valence-electron chi connectivity index (χ3n) is 0. The van der Waals surface area contributed by atoms with Crippen molar-refractivity contribution in [2.75, 3.05) is 0 Å². The van der Waals surface area contributed by atoms with E-state index in [0.29, 0.717) is 0 Å². The monoisotopic (exact) mass is 207 g/mol. The maximum Gasteiger partial charge on any atom is 3.00 e. The first-order chi connectivity index (χ1) is 4.24. The van der Waals surface area contributed by atoms with Crippen LogP contribution in [-0.4, -0.2) is 19.8 Å². The van der Waals surface area contributed by atoms with Gasteiger partial charge < -0.3 is 30.3 Å². The van der Waals surface area contributed by atoms with E-state index >= 15 is 0 Å². The molecule has 0 heterocycles. The van der Waals surface area contributed by atoms with E-state index < -0.39 is 0 Å². The van der Waals surface area contributed by atoms with Crippen LogP contribution >= 0.6 is 0 Å². The van der Waals surface area contributed by atoms with Crippen molar-refractivity contribution in [1.29, 1.82) is 0 Å². The predicted molar refractivity (Wildman–Crippen MR) is 33.2 cm³/mol. The van der Waals surface area contributed by atoms with Crippen LogP contribution in [0.25, 0.3) is 0 Å². The van der Waals surface area contributed by atoms with Crippen molar-refractivity contribution < 1.29 is 0 Å². The second kappa shape index (κ2) is 109. The summed E-state index contributed by atoms with van der Waals surface area (Å²) in [6, 6.07) is 0. The summed E-state index contributed by atoms with van der Waals surface area (Å²) in [5.41, 5.74) is 0. The molecule has 10 heavy (non-hydrogen) atoms. The van der Waals surface area contributed by atoms with Crippen molar-refractivity contribution in [3.63, 3.8) is 0 Å². The van der Waals surface area contributed by atoms with E-state index in [9.17, 15) is 0 Å². The zero-order chi connectivity index (χ0) is 8.12. The van der Waals surface area contributed by atoms with Gasteiger partial charge in [0.25, 0.3) is 0 Å². The van der Waals surface area contributed by atoms with Gasteiger partial charge in [-0.2, -0.15) is 0 Å². The smallest absolute Gasteiger partial charge is 0.444 e. The molecule has 0 saturated heterocycles. The van der Waals surface area contributed by atoms with Gasteiger partial charge in [-0.05, 0) is 0 Å². The van der Waals surface area contributed by atoms with Crippen molar-refractivity contribution in [2.24, 2.45) is 16.0 Å². The zero-order valence-corrected chi connectivity index (χ0v) is 6.79. The molecular formula is GaN3O6. The fourth-order valence-corrected chi connectivity index (χ4v) is 0. The molecule has 54 valence electrons. The third-order valence-corrected chi connectivity index (χ3v) is 0. The van der Waals surface area contributed by atoms with Crippen LogP contribution in [0.2, 0.25) is 0 Å². The summed E-state index contributed by atoms with van der Waals surface area (Å²) in [4.78, 5) is 24.0. The van der Waals surface area contributed by atoms with Gasteiger partial charge in [0.05, 0.1) is 0 Å². The Balaban J connectivity index is -0.0000000257. The quantitative estimate of drug-likeness (QED) is 0.317. The predicted octanol–water partition coefficient (Wildman–Crippen LogP) is 0.371. The van der Waals surface area contributed by atoms with Crippen LogP contribution in [0.4, 0.5) is 0 Å². The van der Waals surface area contributed by atoms with Gasteiger partial charge >= 0.3 is 19.8 Å². The molecule has 0 radical (unpaired) electrons. The maximum absolute atomic E-state index is 8.00. The molecule has 0 saturated carbocycles. The summed E-state index contributed by atoms with van der Waals surface area (Å²) in [6.45, 7) is 0. The molecule has 0 rings (SSSR count). The van der Waals surface area contributed by atoms with E-state index in [1.165, 1.54) is 0 Å². The van der Waals surface area contributed by atoms with Gasteiger partial charge in [0.15, 0.2) is 0 Å². The van der Waals surface area contributed by atoms with E-state index in [0.717, 1.165) is 16.0 Å². The summed E-state index contributed by atoms with van der Waals surface area (Å²) in [6.07, 6.45) is 0. The molecular weight excluding hydrogens is 208 g/mol. The van der Waals surface area contributed by atoms with E-state index in [1.807, 2.05) is 0 Å². The van der Waals surface area contributed by atoms with Crippen molar-refractivity contribution in [3.05, 3.63) is 30.3 Å². The first-order valence-electron chi connectivity index (χ1n) is 1.10. The van der Waals surface area contributed by atoms with Crippen LogP contribution in [-0.2, 0) is 0 Å². The van der Waals surface area contributed by atoms with Crippen LogP contribution in [0.1, 0.15) is 0 Å². The van der Waals surface area contributed by atoms with Crippen molar-refractivity contribution >= 4 is 19.8 Å². The third kappa shape index (κ3) is 172. The topological polar surface area (TPSA) is 157 Å². The standard InChI is InChI=1S/Ga.3HNO2/c;3*2-1-3/h;3*(H,2,3)/q+3;;;/p-3. The molecule has 0 aromatic heterocycles. The largest absolute Gasteiger partial charge is 3.00 e. The maximum atomic E-state index is 8.00. The van der Waals surface area contributed by atoms with Gasteiger partial charge in [0, 0.05) is 0 Å². The van der Waals surface area contributed by atoms with Crippen molar-refractivity contribution in [2.45, 2.75) is 0 Å². The molecule has 0 atom stereocenters. The van der Waals surface area contributed by atoms with Gasteiger partial charge in [-0.15, -0.1) is 16.0 Å². The van der Waals surface area contributed by atoms with Gasteiger partial charge in [0.1, 0.15) is 0 Å². The average Bonchev–Trinajstić information content (AvgIpc) is 1.70. The Kier molecular flexibility index (Phi) is 252. The fraction of sp³-hybridized carbons (Fsp3) is 0. The average molecular weight is 208 g/mol. The van der Waals surface area contributed by atoms with Gasteiger partial charge in [-0.1, -0.05) is 0 Å². The van der Waals surface area contributed by atoms with E-state index in [1.54, 1.807) is 0 Å². The SMILES string of the molecule is O=N[O-].O=N[O-].O=N[O-].[Ga+3]. The number of hydrogen-bond acceptors (Lipinski definition) is 9. The first-order valence-corrected chi connectivity index (χ1v) is 1.10. The van der Waals surface area contributed by atoms with Crippen LogP contribution in [0.5, 0.6) is 0 Å². The summed E-state index contributed by atoms with van der Waals surface area (Å²) in [5.74, 6) is 0. The Morgan fingerprint density at radius 1 is 0.700 bits per heavy atom.